The van der Waals surface area contributed by atoms with Crippen LogP contribution in [0.25, 0.3) is 0 Å². The van der Waals surface area contributed by atoms with Gasteiger partial charge in [-0.1, -0.05) is 0 Å². The second-order valence-electron chi connectivity index (χ2n) is 2.06. The number of aryl methyl sites for hydroxylation is 1. The van der Waals surface area contributed by atoms with Gasteiger partial charge < -0.3 is 4.57 Å². The normalized spacial score (nSPS) is 9.80. The van der Waals surface area contributed by atoms with Crippen molar-refractivity contribution in [2.75, 3.05) is 0 Å². The zero-order chi connectivity index (χ0) is 7.56. The monoisotopic (exact) mass is 158 g/mol. The SMILES string of the molecule is Cn1cnc(CC(=O)Cl)c1. The number of halogens is 1. The molecule has 1 aromatic rings. The van der Waals surface area contributed by atoms with E-state index in [0.29, 0.717) is 5.69 Å². The Labute approximate surface area is 63.6 Å². The summed E-state index contributed by atoms with van der Waals surface area (Å²) in [6.45, 7) is 0. The summed E-state index contributed by atoms with van der Waals surface area (Å²) in [6.07, 6.45) is 3.61. The number of imidazole rings is 1. The fourth-order valence-electron chi connectivity index (χ4n) is 0.701. The molecule has 1 aromatic heterocycles. The summed E-state index contributed by atoms with van der Waals surface area (Å²) in [5.74, 6) is 0. The Morgan fingerprint density at radius 3 is 3.00 bits per heavy atom. The van der Waals surface area contributed by atoms with Crippen LogP contribution in [0.4, 0.5) is 0 Å². The third-order valence-electron chi connectivity index (χ3n) is 1.08. The van der Waals surface area contributed by atoms with E-state index in [1.54, 1.807) is 17.1 Å². The maximum Gasteiger partial charge on any atom is 0.227 e. The highest BCUT2D eigenvalue weighted by molar-refractivity contribution is 6.63. The first-order chi connectivity index (χ1) is 4.68. The Morgan fingerprint density at radius 2 is 2.60 bits per heavy atom. The van der Waals surface area contributed by atoms with Gasteiger partial charge in [0.25, 0.3) is 0 Å². The summed E-state index contributed by atoms with van der Waals surface area (Å²) < 4.78 is 1.77. The van der Waals surface area contributed by atoms with Crippen LogP contribution < -0.4 is 0 Å². The average molecular weight is 159 g/mol. The highest BCUT2D eigenvalue weighted by Gasteiger charge is 2.00. The Hall–Kier alpha value is -0.830. The van der Waals surface area contributed by atoms with E-state index in [2.05, 4.69) is 4.98 Å². The van der Waals surface area contributed by atoms with Crippen LogP contribution >= 0.6 is 11.6 Å². The van der Waals surface area contributed by atoms with Crippen molar-refractivity contribution < 1.29 is 4.79 Å². The summed E-state index contributed by atoms with van der Waals surface area (Å²) in [4.78, 5) is 14.3. The lowest BCUT2D eigenvalue weighted by Gasteiger charge is -1.85. The summed E-state index contributed by atoms with van der Waals surface area (Å²) in [5.41, 5.74) is 0.711. The molecular formula is C6H7ClN2O. The van der Waals surface area contributed by atoms with Crippen molar-refractivity contribution in [3.05, 3.63) is 18.2 Å². The molecular weight excluding hydrogens is 152 g/mol. The van der Waals surface area contributed by atoms with Crippen LogP contribution in [0.15, 0.2) is 12.5 Å². The molecule has 0 aliphatic heterocycles. The van der Waals surface area contributed by atoms with Gasteiger partial charge in [0, 0.05) is 13.2 Å². The Kier molecular flexibility index (Phi) is 2.06. The molecule has 0 bridgehead atoms. The van der Waals surface area contributed by atoms with Gasteiger partial charge in [0.2, 0.25) is 5.24 Å². The minimum Gasteiger partial charge on any atom is -0.340 e. The van der Waals surface area contributed by atoms with Gasteiger partial charge in [-0.05, 0) is 11.6 Å². The number of hydrogen-bond donors (Lipinski definition) is 0. The molecule has 0 amide bonds. The van der Waals surface area contributed by atoms with Crippen LogP contribution in [0.5, 0.6) is 0 Å². The average Bonchev–Trinajstić information content (AvgIpc) is 2.13. The zero-order valence-corrected chi connectivity index (χ0v) is 6.30. The van der Waals surface area contributed by atoms with E-state index in [4.69, 9.17) is 11.6 Å². The molecule has 0 atom stereocenters. The van der Waals surface area contributed by atoms with E-state index < -0.39 is 0 Å². The first-order valence-corrected chi connectivity index (χ1v) is 3.21. The molecule has 0 spiro atoms. The van der Waals surface area contributed by atoms with Crippen LogP contribution in [-0.4, -0.2) is 14.8 Å². The molecule has 0 aliphatic rings. The quantitative estimate of drug-likeness (QED) is 0.595. The molecule has 0 aliphatic carbocycles. The predicted molar refractivity (Wildman–Crippen MR) is 37.8 cm³/mol. The summed E-state index contributed by atoms with van der Waals surface area (Å²) in [6, 6.07) is 0. The molecule has 1 rings (SSSR count). The van der Waals surface area contributed by atoms with Crippen molar-refractivity contribution in [1.29, 1.82) is 0 Å². The van der Waals surface area contributed by atoms with Crippen LogP contribution in [0, 0.1) is 0 Å². The highest BCUT2D eigenvalue weighted by atomic mass is 35.5. The number of carbonyl (C=O) groups excluding carboxylic acids is 1. The molecule has 10 heavy (non-hydrogen) atoms. The zero-order valence-electron chi connectivity index (χ0n) is 5.54. The first kappa shape index (κ1) is 7.28. The van der Waals surface area contributed by atoms with Gasteiger partial charge in [0.15, 0.2) is 0 Å². The smallest absolute Gasteiger partial charge is 0.227 e. The number of aromatic nitrogens is 2. The van der Waals surface area contributed by atoms with Gasteiger partial charge in [-0.25, -0.2) is 4.98 Å². The van der Waals surface area contributed by atoms with Crippen molar-refractivity contribution in [3.63, 3.8) is 0 Å². The van der Waals surface area contributed by atoms with Crippen molar-refractivity contribution in [2.45, 2.75) is 6.42 Å². The lowest BCUT2D eigenvalue weighted by molar-refractivity contribution is -0.111. The van der Waals surface area contributed by atoms with Gasteiger partial charge in [0.1, 0.15) is 0 Å². The van der Waals surface area contributed by atoms with Crippen molar-refractivity contribution in [1.82, 2.24) is 9.55 Å². The van der Waals surface area contributed by atoms with E-state index in [-0.39, 0.29) is 11.7 Å². The number of nitrogens with zero attached hydrogens (tertiary/aromatic N) is 2. The van der Waals surface area contributed by atoms with Crippen LogP contribution in [0.3, 0.4) is 0 Å². The van der Waals surface area contributed by atoms with Gasteiger partial charge in [0.05, 0.1) is 18.4 Å². The van der Waals surface area contributed by atoms with Crippen LogP contribution in [-0.2, 0) is 18.3 Å². The standard InChI is InChI=1S/C6H7ClN2O/c1-9-3-5(8-4-9)2-6(7)10/h3-4H,2H2,1H3. The van der Waals surface area contributed by atoms with E-state index in [9.17, 15) is 4.79 Å². The molecule has 3 nitrogen and oxygen atoms in total. The van der Waals surface area contributed by atoms with E-state index in [0.717, 1.165) is 0 Å². The van der Waals surface area contributed by atoms with E-state index in [1.165, 1.54) is 0 Å². The third-order valence-corrected chi connectivity index (χ3v) is 1.21. The molecule has 0 N–H and O–H groups in total. The number of hydrogen-bond acceptors (Lipinski definition) is 2. The lowest BCUT2D eigenvalue weighted by atomic mass is 10.4. The molecule has 0 radical (unpaired) electrons. The molecule has 0 saturated carbocycles. The van der Waals surface area contributed by atoms with Gasteiger partial charge in [-0.2, -0.15) is 0 Å². The number of rotatable bonds is 2. The van der Waals surface area contributed by atoms with Gasteiger partial charge in [-0.15, -0.1) is 0 Å². The molecule has 0 aromatic carbocycles. The third kappa shape index (κ3) is 1.84. The van der Waals surface area contributed by atoms with Gasteiger partial charge >= 0.3 is 0 Å². The molecule has 0 unspecified atom stereocenters. The molecule has 0 saturated heterocycles. The van der Waals surface area contributed by atoms with Crippen LogP contribution in [0.1, 0.15) is 5.69 Å². The number of carbonyl (C=O) groups is 1. The summed E-state index contributed by atoms with van der Waals surface area (Å²) >= 11 is 5.13. The summed E-state index contributed by atoms with van der Waals surface area (Å²) in [7, 11) is 1.84. The Morgan fingerprint density at radius 1 is 1.90 bits per heavy atom. The molecule has 1 heterocycles. The Bertz CT molecular complexity index is 244. The maximum absolute atomic E-state index is 10.3. The largest absolute Gasteiger partial charge is 0.340 e. The second-order valence-corrected chi connectivity index (χ2v) is 2.48. The Balaban J connectivity index is 2.67. The molecule has 4 heteroatoms. The first-order valence-electron chi connectivity index (χ1n) is 2.83. The topological polar surface area (TPSA) is 34.9 Å². The van der Waals surface area contributed by atoms with E-state index in [1.807, 2.05) is 7.05 Å². The second kappa shape index (κ2) is 2.84. The fraction of sp³-hybridized carbons (Fsp3) is 0.333. The maximum atomic E-state index is 10.3. The molecule has 54 valence electrons. The van der Waals surface area contributed by atoms with Crippen molar-refractivity contribution >= 4 is 16.8 Å². The lowest BCUT2D eigenvalue weighted by Crippen LogP contribution is -1.92. The van der Waals surface area contributed by atoms with E-state index >= 15 is 0 Å². The fourth-order valence-corrected chi connectivity index (χ4v) is 0.838. The highest BCUT2D eigenvalue weighted by Crippen LogP contribution is 1.97. The predicted octanol–water partition coefficient (Wildman–Crippen LogP) is 0.728. The molecule has 0 fully saturated rings. The van der Waals surface area contributed by atoms with Gasteiger partial charge in [-0.3, -0.25) is 4.79 Å². The minimum atomic E-state index is -0.376. The summed E-state index contributed by atoms with van der Waals surface area (Å²) in [5, 5.41) is -0.376. The van der Waals surface area contributed by atoms with Crippen LogP contribution in [0.2, 0.25) is 0 Å². The van der Waals surface area contributed by atoms with Crippen molar-refractivity contribution in [2.24, 2.45) is 7.05 Å². The van der Waals surface area contributed by atoms with Crippen molar-refractivity contribution in [3.8, 4) is 0 Å². The minimum absolute atomic E-state index is 0.211.